The molecule has 0 spiro atoms. The van der Waals surface area contributed by atoms with Gasteiger partial charge in [0, 0.05) is 12.1 Å². The van der Waals surface area contributed by atoms with Gasteiger partial charge in [-0.2, -0.15) is 0 Å². The van der Waals surface area contributed by atoms with E-state index < -0.39 is 10.9 Å². The van der Waals surface area contributed by atoms with Gasteiger partial charge in [-0.05, 0) is 6.07 Å². The van der Waals surface area contributed by atoms with Crippen LogP contribution >= 0.6 is 16.3 Å². The molecule has 0 aromatic heterocycles. The molecule has 5 nitrogen and oxygen atoms in total. The third-order valence-corrected chi connectivity index (χ3v) is 1.66. The highest BCUT2D eigenvalue weighted by atomic mass is 79.9. The molecule has 1 aromatic carbocycles. The molecular weight excluding hydrogens is 242 g/mol. The monoisotopic (exact) mass is 245 g/mol. The minimum absolute atomic E-state index is 0.131. The molecule has 13 heavy (non-hydrogen) atoms. The van der Waals surface area contributed by atoms with E-state index in [2.05, 4.69) is 20.1 Å². The van der Waals surface area contributed by atoms with Gasteiger partial charge >= 0.3 is 5.97 Å². The first-order valence-corrected chi connectivity index (χ1v) is 3.87. The van der Waals surface area contributed by atoms with Crippen molar-refractivity contribution in [3.8, 4) is 0 Å². The summed E-state index contributed by atoms with van der Waals surface area (Å²) in [5.74, 6) is -0.663. The van der Waals surface area contributed by atoms with Crippen LogP contribution in [0, 0.1) is 10.1 Å². The van der Waals surface area contributed by atoms with Gasteiger partial charge in [-0.1, -0.05) is 6.07 Å². The fourth-order valence-corrected chi connectivity index (χ4v) is 0.978. The number of benzene rings is 1. The standard InChI is InChI=1S/C7H4BrNO4/c8-13-7(10)5-2-1-3-6(4-5)9(11)12/h1-4H. The molecule has 0 radical (unpaired) electrons. The van der Waals surface area contributed by atoms with Gasteiger partial charge in [0.25, 0.3) is 5.69 Å². The van der Waals surface area contributed by atoms with Crippen molar-refractivity contribution in [2.24, 2.45) is 0 Å². The molecule has 0 saturated heterocycles. The van der Waals surface area contributed by atoms with E-state index in [1.54, 1.807) is 0 Å². The lowest BCUT2D eigenvalue weighted by atomic mass is 10.2. The predicted octanol–water partition coefficient (Wildman–Crippen LogP) is 2.06. The molecule has 0 amide bonds. The summed E-state index contributed by atoms with van der Waals surface area (Å²) < 4.78 is 4.22. The largest absolute Gasteiger partial charge is 0.380 e. The number of nitro groups is 1. The van der Waals surface area contributed by atoms with E-state index in [-0.39, 0.29) is 11.3 Å². The topological polar surface area (TPSA) is 69.4 Å². The number of non-ortho nitro benzene ring substituents is 1. The average molecular weight is 246 g/mol. The van der Waals surface area contributed by atoms with Crippen molar-refractivity contribution in [2.45, 2.75) is 0 Å². The molecular formula is C7H4BrNO4. The van der Waals surface area contributed by atoms with Crippen LogP contribution in [0.1, 0.15) is 10.4 Å². The fourth-order valence-electron chi connectivity index (χ4n) is 0.791. The number of carbonyl (C=O) groups excluding carboxylic acids is 1. The lowest BCUT2D eigenvalue weighted by molar-refractivity contribution is -0.384. The molecule has 1 aromatic rings. The van der Waals surface area contributed by atoms with Crippen molar-refractivity contribution in [3.63, 3.8) is 0 Å². The van der Waals surface area contributed by atoms with Crippen LogP contribution in [-0.4, -0.2) is 10.9 Å². The summed E-state index contributed by atoms with van der Waals surface area (Å²) in [7, 11) is 0. The molecule has 0 aliphatic heterocycles. The summed E-state index contributed by atoms with van der Waals surface area (Å²) >= 11 is 2.49. The van der Waals surface area contributed by atoms with Gasteiger partial charge in [0.15, 0.2) is 16.3 Å². The second-order valence-electron chi connectivity index (χ2n) is 2.17. The normalized spacial score (nSPS) is 9.31. The third-order valence-electron chi connectivity index (χ3n) is 1.36. The van der Waals surface area contributed by atoms with E-state index in [4.69, 9.17) is 0 Å². The van der Waals surface area contributed by atoms with Crippen LogP contribution in [0.15, 0.2) is 24.3 Å². The Morgan fingerprint density at radius 3 is 2.77 bits per heavy atom. The zero-order valence-electron chi connectivity index (χ0n) is 6.27. The Morgan fingerprint density at radius 2 is 2.23 bits per heavy atom. The quantitative estimate of drug-likeness (QED) is 0.591. The Hall–Kier alpha value is -1.43. The van der Waals surface area contributed by atoms with Gasteiger partial charge in [0.1, 0.15) is 0 Å². The molecule has 6 heteroatoms. The van der Waals surface area contributed by atoms with Crippen LogP contribution in [0.5, 0.6) is 0 Å². The van der Waals surface area contributed by atoms with Gasteiger partial charge < -0.3 is 3.83 Å². The highest BCUT2D eigenvalue weighted by molar-refractivity contribution is 9.06. The predicted molar refractivity (Wildman–Crippen MR) is 47.4 cm³/mol. The van der Waals surface area contributed by atoms with Gasteiger partial charge in [0.05, 0.1) is 10.5 Å². The van der Waals surface area contributed by atoms with Crippen LogP contribution in [0.25, 0.3) is 0 Å². The maximum atomic E-state index is 10.9. The lowest BCUT2D eigenvalue weighted by Gasteiger charge is -1.95. The van der Waals surface area contributed by atoms with Crippen molar-refractivity contribution >= 4 is 27.9 Å². The molecule has 0 unspecified atom stereocenters. The number of carbonyl (C=O) groups is 1. The number of hydrogen-bond acceptors (Lipinski definition) is 4. The number of nitrogens with zero attached hydrogens (tertiary/aromatic N) is 1. The summed E-state index contributed by atoms with van der Waals surface area (Å²) in [6, 6.07) is 5.28. The Bertz CT molecular complexity index is 352. The summed E-state index contributed by atoms with van der Waals surface area (Å²) in [6.07, 6.45) is 0. The molecule has 0 bridgehead atoms. The fraction of sp³-hybridized carbons (Fsp3) is 0. The minimum Gasteiger partial charge on any atom is -0.380 e. The second kappa shape index (κ2) is 3.99. The van der Waals surface area contributed by atoms with E-state index in [9.17, 15) is 14.9 Å². The highest BCUT2D eigenvalue weighted by Crippen LogP contribution is 2.14. The zero-order chi connectivity index (χ0) is 9.84. The van der Waals surface area contributed by atoms with Gasteiger partial charge in [-0.25, -0.2) is 4.79 Å². The van der Waals surface area contributed by atoms with Crippen LogP contribution < -0.4 is 0 Å². The van der Waals surface area contributed by atoms with Crippen molar-refractivity contribution in [1.82, 2.24) is 0 Å². The van der Waals surface area contributed by atoms with E-state index in [1.807, 2.05) is 0 Å². The van der Waals surface area contributed by atoms with Gasteiger partial charge in [0.2, 0.25) is 0 Å². The van der Waals surface area contributed by atoms with Crippen LogP contribution in [0.4, 0.5) is 5.69 Å². The Labute approximate surface area is 81.9 Å². The van der Waals surface area contributed by atoms with Crippen LogP contribution in [0.2, 0.25) is 0 Å². The minimum atomic E-state index is -0.663. The number of nitro benzene ring substituents is 1. The summed E-state index contributed by atoms with van der Waals surface area (Å²) in [4.78, 5) is 20.6. The van der Waals surface area contributed by atoms with E-state index >= 15 is 0 Å². The SMILES string of the molecule is O=C(OBr)c1cccc([N+](=O)[O-])c1. The average Bonchev–Trinajstić information content (AvgIpc) is 2.17. The lowest BCUT2D eigenvalue weighted by Crippen LogP contribution is -1.98. The highest BCUT2D eigenvalue weighted by Gasteiger charge is 2.11. The van der Waals surface area contributed by atoms with Gasteiger partial charge in [-0.15, -0.1) is 0 Å². The van der Waals surface area contributed by atoms with E-state index in [0.29, 0.717) is 0 Å². The number of rotatable bonds is 2. The first kappa shape index (κ1) is 9.66. The van der Waals surface area contributed by atoms with Crippen molar-refractivity contribution in [1.29, 1.82) is 0 Å². The van der Waals surface area contributed by atoms with Crippen molar-refractivity contribution < 1.29 is 13.5 Å². The summed E-state index contributed by atoms with van der Waals surface area (Å²) in [5.41, 5.74) is -0.0125. The molecule has 0 aliphatic carbocycles. The first-order valence-electron chi connectivity index (χ1n) is 3.22. The van der Waals surface area contributed by atoms with E-state index in [0.717, 1.165) is 6.07 Å². The molecule has 0 heterocycles. The molecule has 0 saturated carbocycles. The Kier molecular flexibility index (Phi) is 2.97. The smallest absolute Gasteiger partial charge is 0.349 e. The molecule has 0 N–H and O–H groups in total. The first-order chi connectivity index (χ1) is 6.15. The maximum absolute atomic E-state index is 10.9. The molecule has 0 fully saturated rings. The summed E-state index contributed by atoms with van der Waals surface area (Å²) in [5, 5.41) is 10.3. The molecule has 0 aliphatic rings. The van der Waals surface area contributed by atoms with E-state index in [1.165, 1.54) is 18.2 Å². The third kappa shape index (κ3) is 2.25. The van der Waals surface area contributed by atoms with Gasteiger partial charge in [-0.3, -0.25) is 10.1 Å². The Morgan fingerprint density at radius 1 is 1.54 bits per heavy atom. The van der Waals surface area contributed by atoms with Crippen molar-refractivity contribution in [3.05, 3.63) is 39.9 Å². The molecule has 1 rings (SSSR count). The maximum Gasteiger partial charge on any atom is 0.349 e. The van der Waals surface area contributed by atoms with Crippen LogP contribution in [0.3, 0.4) is 0 Å². The second-order valence-corrected chi connectivity index (χ2v) is 2.50. The number of halogens is 1. The Balaban J connectivity index is 3.05. The van der Waals surface area contributed by atoms with Crippen LogP contribution in [-0.2, 0) is 3.83 Å². The number of hydrogen-bond donors (Lipinski definition) is 0. The van der Waals surface area contributed by atoms with Crippen molar-refractivity contribution in [2.75, 3.05) is 0 Å². The molecule has 0 atom stereocenters. The summed E-state index contributed by atoms with van der Waals surface area (Å²) in [6.45, 7) is 0. The zero-order valence-corrected chi connectivity index (χ0v) is 7.85. The molecule has 68 valence electrons.